The molecule has 0 fully saturated rings. The van der Waals surface area contributed by atoms with Crippen LogP contribution in [0.2, 0.25) is 0 Å². The van der Waals surface area contributed by atoms with Gasteiger partial charge in [-0.05, 0) is 47.9 Å². The second kappa shape index (κ2) is 11.4. The number of halogens is 2. The van der Waals surface area contributed by atoms with Crippen LogP contribution in [0.1, 0.15) is 41.4 Å². The third-order valence-corrected chi connectivity index (χ3v) is 5.65. The van der Waals surface area contributed by atoms with Gasteiger partial charge >= 0.3 is 0 Å². The van der Waals surface area contributed by atoms with E-state index in [0.717, 1.165) is 27.7 Å². The van der Waals surface area contributed by atoms with Crippen LogP contribution in [0.15, 0.2) is 70.1 Å². The summed E-state index contributed by atoms with van der Waals surface area (Å²) in [5.74, 6) is 2.03. The molecule has 3 rings (SSSR count). The lowest BCUT2D eigenvalue weighted by molar-refractivity contribution is 0.0777. The molecule has 1 heterocycles. The SMILES string of the molecule is CC(C)c1ccc(-c2ccc(C=Nc3ccc(C(=O)N(CCBr)CCBr)cc3)o2)cc1. The van der Waals surface area contributed by atoms with Crippen LogP contribution >= 0.6 is 31.9 Å². The van der Waals surface area contributed by atoms with Crippen molar-refractivity contribution >= 4 is 49.7 Å². The van der Waals surface area contributed by atoms with Gasteiger partial charge < -0.3 is 9.32 Å². The first-order valence-corrected chi connectivity index (χ1v) is 12.5. The van der Waals surface area contributed by atoms with Gasteiger partial charge in [0.05, 0.1) is 11.9 Å². The highest BCUT2D eigenvalue weighted by atomic mass is 79.9. The highest BCUT2D eigenvalue weighted by molar-refractivity contribution is 9.09. The molecule has 0 spiro atoms. The summed E-state index contributed by atoms with van der Waals surface area (Å²) in [7, 11) is 0. The first-order valence-electron chi connectivity index (χ1n) is 10.3. The van der Waals surface area contributed by atoms with Gasteiger partial charge in [-0.3, -0.25) is 9.79 Å². The summed E-state index contributed by atoms with van der Waals surface area (Å²) in [5, 5.41) is 1.50. The maximum atomic E-state index is 12.6. The van der Waals surface area contributed by atoms with E-state index in [1.165, 1.54) is 5.56 Å². The summed E-state index contributed by atoms with van der Waals surface area (Å²) in [6.45, 7) is 5.71. The summed E-state index contributed by atoms with van der Waals surface area (Å²) >= 11 is 6.81. The molecule has 4 nitrogen and oxygen atoms in total. The van der Waals surface area contributed by atoms with Crippen molar-refractivity contribution in [3.63, 3.8) is 0 Å². The Hall–Kier alpha value is -2.18. The molecule has 162 valence electrons. The second-order valence-electron chi connectivity index (χ2n) is 7.45. The second-order valence-corrected chi connectivity index (χ2v) is 9.04. The van der Waals surface area contributed by atoms with Gasteiger partial charge in [-0.2, -0.15) is 0 Å². The number of carbonyl (C=O) groups is 1. The van der Waals surface area contributed by atoms with Crippen molar-refractivity contribution in [2.75, 3.05) is 23.7 Å². The Labute approximate surface area is 200 Å². The molecule has 3 aromatic rings. The number of benzene rings is 2. The number of aliphatic imine (C=N–C) groups is 1. The summed E-state index contributed by atoms with van der Waals surface area (Å²) in [6.07, 6.45) is 1.70. The molecule has 0 saturated carbocycles. The molecule has 0 aliphatic carbocycles. The number of furan rings is 1. The minimum absolute atomic E-state index is 0.0218. The van der Waals surface area contributed by atoms with Gasteiger partial charge in [0, 0.05) is 34.9 Å². The Morgan fingerprint density at radius 3 is 2.19 bits per heavy atom. The monoisotopic (exact) mass is 544 g/mol. The third-order valence-electron chi connectivity index (χ3n) is 4.94. The third kappa shape index (κ3) is 6.40. The van der Waals surface area contributed by atoms with Gasteiger partial charge in [0.15, 0.2) is 0 Å². The van der Waals surface area contributed by atoms with Crippen LogP contribution < -0.4 is 0 Å². The van der Waals surface area contributed by atoms with Crippen LogP contribution in [0.4, 0.5) is 5.69 Å². The van der Waals surface area contributed by atoms with E-state index in [1.54, 1.807) is 6.21 Å². The van der Waals surface area contributed by atoms with E-state index in [-0.39, 0.29) is 5.91 Å². The molecule has 31 heavy (non-hydrogen) atoms. The van der Waals surface area contributed by atoms with Gasteiger partial charge in [0.25, 0.3) is 5.91 Å². The van der Waals surface area contributed by atoms with Crippen molar-refractivity contribution in [2.45, 2.75) is 19.8 Å². The Balaban J connectivity index is 1.66. The van der Waals surface area contributed by atoms with Crippen molar-refractivity contribution < 1.29 is 9.21 Å². The number of hydrogen-bond acceptors (Lipinski definition) is 3. The Morgan fingerprint density at radius 1 is 0.968 bits per heavy atom. The zero-order valence-electron chi connectivity index (χ0n) is 17.7. The Kier molecular flexibility index (Phi) is 8.67. The van der Waals surface area contributed by atoms with E-state index >= 15 is 0 Å². The largest absolute Gasteiger partial charge is 0.455 e. The van der Waals surface area contributed by atoms with Crippen LogP contribution in [0.25, 0.3) is 11.3 Å². The van der Waals surface area contributed by atoms with Gasteiger partial charge in [-0.1, -0.05) is 70.0 Å². The van der Waals surface area contributed by atoms with Gasteiger partial charge in [0.2, 0.25) is 0 Å². The predicted octanol–water partition coefficient (Wildman–Crippen LogP) is 7.05. The summed E-state index contributed by atoms with van der Waals surface area (Å²) < 4.78 is 5.92. The average molecular weight is 546 g/mol. The van der Waals surface area contributed by atoms with Gasteiger partial charge in [0.1, 0.15) is 11.5 Å². The maximum absolute atomic E-state index is 12.6. The number of carbonyl (C=O) groups excluding carboxylic acids is 1. The zero-order valence-corrected chi connectivity index (χ0v) is 20.9. The molecule has 0 N–H and O–H groups in total. The molecule has 0 saturated heterocycles. The highest BCUT2D eigenvalue weighted by Crippen LogP contribution is 2.24. The van der Waals surface area contributed by atoms with Crippen LogP contribution in [0.3, 0.4) is 0 Å². The predicted molar refractivity (Wildman–Crippen MR) is 135 cm³/mol. The van der Waals surface area contributed by atoms with Crippen molar-refractivity contribution in [2.24, 2.45) is 4.99 Å². The van der Waals surface area contributed by atoms with Crippen LogP contribution in [-0.4, -0.2) is 40.8 Å². The fourth-order valence-corrected chi connectivity index (χ4v) is 4.00. The van der Waals surface area contributed by atoms with E-state index in [2.05, 4.69) is 75.0 Å². The number of amides is 1. The first kappa shape index (κ1) is 23.5. The van der Waals surface area contributed by atoms with Crippen molar-refractivity contribution in [1.29, 1.82) is 0 Å². The molecule has 0 aliphatic rings. The van der Waals surface area contributed by atoms with Gasteiger partial charge in [-0.15, -0.1) is 0 Å². The van der Waals surface area contributed by atoms with Gasteiger partial charge in [-0.25, -0.2) is 0 Å². The highest BCUT2D eigenvalue weighted by Gasteiger charge is 2.14. The molecule has 0 atom stereocenters. The minimum Gasteiger partial charge on any atom is -0.455 e. The summed E-state index contributed by atoms with van der Waals surface area (Å²) in [6, 6.07) is 19.6. The molecule has 0 radical (unpaired) electrons. The normalized spacial score (nSPS) is 11.4. The molecule has 6 heteroatoms. The zero-order chi connectivity index (χ0) is 22.2. The quantitative estimate of drug-likeness (QED) is 0.213. The number of rotatable bonds is 9. The Bertz CT molecular complexity index is 1000. The lowest BCUT2D eigenvalue weighted by Crippen LogP contribution is -2.34. The van der Waals surface area contributed by atoms with Crippen molar-refractivity contribution in [3.05, 3.63) is 77.6 Å². The standard InChI is InChI=1S/C25H26Br2N2O2/c1-18(2)19-3-5-20(6-4-19)24-12-11-23(31-24)17-28-22-9-7-21(8-10-22)25(30)29(15-13-26)16-14-27/h3-12,17-18H,13-16H2,1-2H3. The van der Waals surface area contributed by atoms with Crippen molar-refractivity contribution in [1.82, 2.24) is 4.90 Å². The molecule has 1 aromatic heterocycles. The fraction of sp³-hybridized carbons (Fsp3) is 0.280. The lowest BCUT2D eigenvalue weighted by atomic mass is 10.0. The number of hydrogen-bond donors (Lipinski definition) is 0. The lowest BCUT2D eigenvalue weighted by Gasteiger charge is -2.20. The molecular weight excluding hydrogens is 520 g/mol. The van der Waals surface area contributed by atoms with E-state index in [1.807, 2.05) is 41.3 Å². The van der Waals surface area contributed by atoms with E-state index < -0.39 is 0 Å². The topological polar surface area (TPSA) is 45.8 Å². The number of alkyl halides is 2. The molecule has 0 unspecified atom stereocenters. The molecule has 0 bridgehead atoms. The smallest absolute Gasteiger partial charge is 0.253 e. The average Bonchev–Trinajstić information content (AvgIpc) is 3.26. The molecule has 1 amide bonds. The first-order chi connectivity index (χ1) is 15.0. The Morgan fingerprint density at radius 2 is 1.61 bits per heavy atom. The van der Waals surface area contributed by atoms with Crippen LogP contribution in [-0.2, 0) is 0 Å². The van der Waals surface area contributed by atoms with E-state index in [9.17, 15) is 4.79 Å². The van der Waals surface area contributed by atoms with E-state index in [4.69, 9.17) is 4.42 Å². The van der Waals surface area contributed by atoms with Crippen LogP contribution in [0.5, 0.6) is 0 Å². The minimum atomic E-state index is 0.0218. The van der Waals surface area contributed by atoms with E-state index in [0.29, 0.717) is 30.3 Å². The molecular formula is C25H26Br2N2O2. The summed E-state index contributed by atoms with van der Waals surface area (Å²) in [5.41, 5.74) is 3.78. The number of nitrogens with zero attached hydrogens (tertiary/aromatic N) is 2. The summed E-state index contributed by atoms with van der Waals surface area (Å²) in [4.78, 5) is 18.9. The molecule has 0 aliphatic heterocycles. The van der Waals surface area contributed by atoms with Crippen molar-refractivity contribution in [3.8, 4) is 11.3 Å². The fourth-order valence-electron chi connectivity index (χ4n) is 3.14. The molecule has 2 aromatic carbocycles. The maximum Gasteiger partial charge on any atom is 0.253 e. The van der Waals surface area contributed by atoms with Crippen LogP contribution in [0, 0.1) is 0 Å².